The standard InChI is InChI=1S/C17H17FINO2/c1-3-16(22-14-7-4-12(18)5-8-14)17(21)20-15-9-6-13(19)10-11(15)2/h4-10,16H,3H2,1-2H3,(H,20,21)/t16-/m0/s1. The Balaban J connectivity index is 2.06. The molecule has 22 heavy (non-hydrogen) atoms. The highest BCUT2D eigenvalue weighted by Crippen LogP contribution is 2.19. The van der Waals surface area contributed by atoms with E-state index in [2.05, 4.69) is 27.9 Å². The summed E-state index contributed by atoms with van der Waals surface area (Å²) in [7, 11) is 0. The maximum absolute atomic E-state index is 12.9. The topological polar surface area (TPSA) is 38.3 Å². The highest BCUT2D eigenvalue weighted by molar-refractivity contribution is 14.1. The Morgan fingerprint density at radius 2 is 1.95 bits per heavy atom. The monoisotopic (exact) mass is 413 g/mol. The first-order valence-corrected chi connectivity index (χ1v) is 8.06. The Kier molecular flexibility index (Phi) is 5.76. The fourth-order valence-electron chi connectivity index (χ4n) is 1.98. The maximum Gasteiger partial charge on any atom is 0.265 e. The number of nitrogens with one attached hydrogen (secondary N) is 1. The van der Waals surface area contributed by atoms with Crippen LogP contribution in [0.15, 0.2) is 42.5 Å². The van der Waals surface area contributed by atoms with E-state index in [1.807, 2.05) is 32.0 Å². The van der Waals surface area contributed by atoms with Gasteiger partial charge in [-0.05, 0) is 84.0 Å². The summed E-state index contributed by atoms with van der Waals surface area (Å²) < 4.78 is 19.6. The third-order valence-electron chi connectivity index (χ3n) is 3.20. The van der Waals surface area contributed by atoms with E-state index in [-0.39, 0.29) is 11.7 Å². The lowest BCUT2D eigenvalue weighted by Gasteiger charge is -2.18. The first kappa shape index (κ1) is 16.7. The Hall–Kier alpha value is -1.63. The Labute approximate surface area is 143 Å². The molecule has 0 saturated heterocycles. The molecule has 0 aliphatic carbocycles. The molecule has 0 saturated carbocycles. The van der Waals surface area contributed by atoms with Crippen LogP contribution >= 0.6 is 22.6 Å². The van der Waals surface area contributed by atoms with Crippen LogP contribution in [0.25, 0.3) is 0 Å². The van der Waals surface area contributed by atoms with Gasteiger partial charge in [0.05, 0.1) is 0 Å². The minimum atomic E-state index is -0.621. The van der Waals surface area contributed by atoms with Gasteiger partial charge in [-0.15, -0.1) is 0 Å². The Bertz CT molecular complexity index is 658. The molecule has 1 N–H and O–H groups in total. The zero-order chi connectivity index (χ0) is 16.1. The minimum absolute atomic E-state index is 0.212. The second-order valence-electron chi connectivity index (χ2n) is 4.92. The zero-order valence-electron chi connectivity index (χ0n) is 12.4. The van der Waals surface area contributed by atoms with E-state index in [4.69, 9.17) is 4.74 Å². The van der Waals surface area contributed by atoms with Crippen molar-refractivity contribution in [3.63, 3.8) is 0 Å². The van der Waals surface area contributed by atoms with Crippen LogP contribution in [0.2, 0.25) is 0 Å². The number of ether oxygens (including phenoxy) is 1. The molecule has 0 spiro atoms. The van der Waals surface area contributed by atoms with E-state index >= 15 is 0 Å². The van der Waals surface area contributed by atoms with Crippen LogP contribution in [0.4, 0.5) is 10.1 Å². The van der Waals surface area contributed by atoms with Crippen LogP contribution in [0, 0.1) is 16.3 Å². The van der Waals surface area contributed by atoms with Gasteiger partial charge in [0.1, 0.15) is 11.6 Å². The van der Waals surface area contributed by atoms with Crippen molar-refractivity contribution in [1.82, 2.24) is 0 Å². The predicted molar refractivity (Wildman–Crippen MR) is 93.6 cm³/mol. The van der Waals surface area contributed by atoms with Crippen molar-refractivity contribution in [2.24, 2.45) is 0 Å². The molecule has 2 aromatic rings. The van der Waals surface area contributed by atoms with E-state index in [0.717, 1.165) is 14.8 Å². The van der Waals surface area contributed by atoms with Gasteiger partial charge in [0.25, 0.3) is 5.91 Å². The first-order chi connectivity index (χ1) is 10.5. The third kappa shape index (κ3) is 4.43. The van der Waals surface area contributed by atoms with Crippen molar-refractivity contribution < 1.29 is 13.9 Å². The molecule has 2 aromatic carbocycles. The number of halogens is 2. The van der Waals surface area contributed by atoms with E-state index in [1.165, 1.54) is 24.3 Å². The molecular weight excluding hydrogens is 396 g/mol. The number of carbonyl (C=O) groups excluding carboxylic acids is 1. The summed E-state index contributed by atoms with van der Waals surface area (Å²) in [6.45, 7) is 3.81. The zero-order valence-corrected chi connectivity index (χ0v) is 14.6. The normalized spacial score (nSPS) is 11.8. The number of hydrogen-bond donors (Lipinski definition) is 1. The molecule has 0 aliphatic rings. The summed E-state index contributed by atoms with van der Waals surface area (Å²) in [4.78, 5) is 12.3. The van der Waals surface area contributed by atoms with Crippen molar-refractivity contribution in [2.75, 3.05) is 5.32 Å². The number of anilines is 1. The molecule has 0 heterocycles. The fraction of sp³-hybridized carbons (Fsp3) is 0.235. The van der Waals surface area contributed by atoms with E-state index in [9.17, 15) is 9.18 Å². The first-order valence-electron chi connectivity index (χ1n) is 6.99. The van der Waals surface area contributed by atoms with Gasteiger partial charge in [0.15, 0.2) is 6.10 Å². The van der Waals surface area contributed by atoms with Gasteiger partial charge >= 0.3 is 0 Å². The van der Waals surface area contributed by atoms with Gasteiger partial charge in [0.2, 0.25) is 0 Å². The highest BCUT2D eigenvalue weighted by atomic mass is 127. The van der Waals surface area contributed by atoms with Crippen molar-refractivity contribution in [2.45, 2.75) is 26.4 Å². The average Bonchev–Trinajstić information content (AvgIpc) is 2.49. The van der Waals surface area contributed by atoms with Crippen LogP contribution in [-0.2, 0) is 4.79 Å². The molecule has 116 valence electrons. The molecule has 0 aromatic heterocycles. The molecule has 1 atom stereocenters. The summed E-state index contributed by atoms with van der Waals surface area (Å²) in [6, 6.07) is 11.5. The van der Waals surface area contributed by atoms with Crippen molar-refractivity contribution in [3.8, 4) is 5.75 Å². The van der Waals surface area contributed by atoms with Crippen LogP contribution in [-0.4, -0.2) is 12.0 Å². The molecule has 0 fully saturated rings. The van der Waals surface area contributed by atoms with Crippen molar-refractivity contribution in [3.05, 3.63) is 57.4 Å². The lowest BCUT2D eigenvalue weighted by Crippen LogP contribution is -2.32. The lowest BCUT2D eigenvalue weighted by atomic mass is 10.2. The number of benzene rings is 2. The molecule has 0 bridgehead atoms. The SMILES string of the molecule is CC[C@H](Oc1ccc(F)cc1)C(=O)Nc1ccc(I)cc1C. The summed E-state index contributed by atoms with van der Waals surface area (Å²) in [5.41, 5.74) is 1.77. The van der Waals surface area contributed by atoms with Crippen LogP contribution in [0.5, 0.6) is 5.75 Å². The average molecular weight is 413 g/mol. The van der Waals surface area contributed by atoms with Crippen LogP contribution in [0.3, 0.4) is 0 Å². The molecule has 0 unspecified atom stereocenters. The second-order valence-corrected chi connectivity index (χ2v) is 6.16. The number of amides is 1. The lowest BCUT2D eigenvalue weighted by molar-refractivity contribution is -0.122. The Morgan fingerprint density at radius 3 is 2.55 bits per heavy atom. The van der Waals surface area contributed by atoms with E-state index in [0.29, 0.717) is 12.2 Å². The summed E-state index contributed by atoms with van der Waals surface area (Å²) >= 11 is 2.23. The molecule has 3 nitrogen and oxygen atoms in total. The fourth-order valence-corrected chi connectivity index (χ4v) is 2.63. The number of carbonyl (C=O) groups is 1. The smallest absolute Gasteiger partial charge is 0.265 e. The van der Waals surface area contributed by atoms with Gasteiger partial charge < -0.3 is 10.1 Å². The highest BCUT2D eigenvalue weighted by Gasteiger charge is 2.19. The van der Waals surface area contributed by atoms with Crippen LogP contribution < -0.4 is 10.1 Å². The number of rotatable bonds is 5. The predicted octanol–water partition coefficient (Wildman–Crippen LogP) is 4.53. The van der Waals surface area contributed by atoms with Gasteiger partial charge in [-0.3, -0.25) is 4.79 Å². The molecule has 2 rings (SSSR count). The molecule has 1 amide bonds. The summed E-state index contributed by atoms with van der Waals surface area (Å²) in [6.07, 6.45) is -0.101. The summed E-state index contributed by atoms with van der Waals surface area (Å²) in [5.74, 6) is -0.0711. The maximum atomic E-state index is 12.9. The molecule has 5 heteroatoms. The summed E-state index contributed by atoms with van der Waals surface area (Å²) in [5, 5.41) is 2.88. The minimum Gasteiger partial charge on any atom is -0.481 e. The van der Waals surface area contributed by atoms with Gasteiger partial charge in [-0.25, -0.2) is 4.39 Å². The molecule has 0 aliphatic heterocycles. The van der Waals surface area contributed by atoms with E-state index < -0.39 is 6.10 Å². The molecule has 0 radical (unpaired) electrons. The van der Waals surface area contributed by atoms with Crippen molar-refractivity contribution in [1.29, 1.82) is 0 Å². The van der Waals surface area contributed by atoms with Crippen molar-refractivity contribution >= 4 is 34.2 Å². The second kappa shape index (κ2) is 7.58. The van der Waals surface area contributed by atoms with Crippen LogP contribution in [0.1, 0.15) is 18.9 Å². The Morgan fingerprint density at radius 1 is 1.27 bits per heavy atom. The largest absolute Gasteiger partial charge is 0.481 e. The quantitative estimate of drug-likeness (QED) is 0.732. The van der Waals surface area contributed by atoms with E-state index in [1.54, 1.807) is 0 Å². The van der Waals surface area contributed by atoms with Gasteiger partial charge in [0, 0.05) is 9.26 Å². The van der Waals surface area contributed by atoms with Gasteiger partial charge in [-0.1, -0.05) is 6.92 Å². The third-order valence-corrected chi connectivity index (χ3v) is 3.87. The number of aryl methyl sites for hydroxylation is 1. The molecular formula is C17H17FINO2. The van der Waals surface area contributed by atoms with Gasteiger partial charge in [-0.2, -0.15) is 0 Å². The number of hydrogen-bond acceptors (Lipinski definition) is 2.